The fourth-order valence-electron chi connectivity index (χ4n) is 24.8. The van der Waals surface area contributed by atoms with Crippen molar-refractivity contribution >= 4 is 0 Å². The maximum Gasteiger partial charge on any atom is 0.126 e. The zero-order valence-corrected chi connectivity index (χ0v) is 28.4. The molecule has 1 heteroatoms. The summed E-state index contributed by atoms with van der Waals surface area (Å²) in [4.78, 5) is 0. The molecule has 0 aliphatic heterocycles. The predicted molar refractivity (Wildman–Crippen MR) is 182 cm³/mol. The zero-order chi connectivity index (χ0) is 30.5. The van der Waals surface area contributed by atoms with Gasteiger partial charge in [0.15, 0.2) is 0 Å². The fourth-order valence-corrected chi connectivity index (χ4v) is 24.8. The lowest BCUT2D eigenvalue weighted by Gasteiger charge is -2.72. The second kappa shape index (κ2) is 6.73. The Balaban J connectivity index is 1.05. The number of hydrogen-bond acceptors (Lipinski definition) is 0. The van der Waals surface area contributed by atoms with Gasteiger partial charge in [0, 0.05) is 11.3 Å². The van der Waals surface area contributed by atoms with Gasteiger partial charge in [0.1, 0.15) is 5.82 Å². The minimum Gasteiger partial charge on any atom is -0.207 e. The van der Waals surface area contributed by atoms with E-state index in [-0.39, 0.29) is 5.82 Å². The van der Waals surface area contributed by atoms with Crippen molar-refractivity contribution in [3.63, 3.8) is 0 Å². The summed E-state index contributed by atoms with van der Waals surface area (Å²) in [5, 5.41) is 0. The number of hydrogen-bond donors (Lipinski definition) is 0. The summed E-state index contributed by atoms with van der Waals surface area (Å²) < 4.78 is 16.4. The summed E-state index contributed by atoms with van der Waals surface area (Å²) in [5.74, 6) is 22.5. The van der Waals surface area contributed by atoms with Gasteiger partial charge < -0.3 is 0 Å². The molecule has 0 saturated heterocycles. The second-order valence-electron chi connectivity index (χ2n) is 22.4. The number of allylic oxidation sites excluding steroid dienone is 8. The molecule has 0 heterocycles. The summed E-state index contributed by atoms with van der Waals surface area (Å²) in [6.07, 6.45) is 22.9. The first-order chi connectivity index (χ1) is 24.2. The minimum absolute atomic E-state index is 0.170. The summed E-state index contributed by atoms with van der Waals surface area (Å²) in [7, 11) is 0. The van der Waals surface area contributed by atoms with Gasteiger partial charge in [-0.2, -0.15) is 0 Å². The minimum atomic E-state index is 0.170. The molecule has 0 radical (unpaired) electrons. The molecule has 11 saturated carbocycles. The molecule has 17 aliphatic carbocycles. The van der Waals surface area contributed by atoms with Crippen LogP contribution in [-0.2, 0) is 12.8 Å². The lowest BCUT2D eigenvalue weighted by molar-refractivity contribution is -0.225. The Morgan fingerprint density at radius 2 is 1.39 bits per heavy atom. The summed E-state index contributed by atoms with van der Waals surface area (Å²) in [6, 6.07) is 6.41. The van der Waals surface area contributed by atoms with Crippen molar-refractivity contribution < 1.29 is 4.39 Å². The van der Waals surface area contributed by atoms with E-state index in [1.807, 2.05) is 6.07 Å². The van der Waals surface area contributed by atoms with E-state index in [1.165, 1.54) is 56.1 Å². The number of benzene rings is 1. The van der Waals surface area contributed by atoms with Crippen molar-refractivity contribution in [2.24, 2.45) is 153 Å². The first kappa shape index (κ1) is 24.4. The van der Waals surface area contributed by atoms with Crippen LogP contribution in [0.2, 0.25) is 0 Å². The molecule has 17 aliphatic rings. The van der Waals surface area contributed by atoms with Crippen LogP contribution in [0.4, 0.5) is 4.39 Å². The highest BCUT2D eigenvalue weighted by atomic mass is 19.1. The van der Waals surface area contributed by atoms with Gasteiger partial charge in [0.2, 0.25) is 0 Å². The molecule has 0 amide bonds. The lowest BCUT2D eigenvalue weighted by atomic mass is 9.31. The van der Waals surface area contributed by atoms with Crippen LogP contribution in [0.1, 0.15) is 49.7 Å². The van der Waals surface area contributed by atoms with Crippen molar-refractivity contribution in [3.05, 3.63) is 81.7 Å². The largest absolute Gasteiger partial charge is 0.207 e. The first-order valence-corrected chi connectivity index (χ1v) is 21.8. The Bertz CT molecular complexity index is 2110. The van der Waals surface area contributed by atoms with E-state index >= 15 is 4.39 Å². The van der Waals surface area contributed by atoms with Gasteiger partial charge in [-0.05, 0) is 210 Å². The quantitative estimate of drug-likeness (QED) is 0.248. The van der Waals surface area contributed by atoms with Crippen molar-refractivity contribution in [2.45, 2.75) is 51.4 Å². The topological polar surface area (TPSA) is 0 Å². The molecule has 246 valence electrons. The van der Waals surface area contributed by atoms with Gasteiger partial charge in [0.25, 0.3) is 0 Å². The summed E-state index contributed by atoms with van der Waals surface area (Å²) in [5.41, 5.74) is 11.9. The van der Waals surface area contributed by atoms with Gasteiger partial charge in [-0.1, -0.05) is 58.7 Å². The van der Waals surface area contributed by atoms with Crippen LogP contribution >= 0.6 is 0 Å². The second-order valence-corrected chi connectivity index (χ2v) is 22.4. The van der Waals surface area contributed by atoms with Crippen molar-refractivity contribution in [2.75, 3.05) is 0 Å². The van der Waals surface area contributed by atoms with Gasteiger partial charge in [0.05, 0.1) is 0 Å². The van der Waals surface area contributed by atoms with Crippen molar-refractivity contribution in [3.8, 4) is 0 Å². The Labute approximate surface area is 289 Å². The molecule has 0 nitrogen and oxygen atoms in total. The molecule has 0 bridgehead atoms. The molecular weight excluding hydrogens is 596 g/mol. The third-order valence-electron chi connectivity index (χ3n) is 23.7. The normalized spacial score (nSPS) is 70.6. The highest BCUT2D eigenvalue weighted by molar-refractivity contribution is 5.57. The van der Waals surface area contributed by atoms with Crippen LogP contribution in [0.3, 0.4) is 0 Å². The standard InChI is InChI=1S/C48H47F/c49-28-3-1-2-16-14-47-26-12-13-27-24-11-9-22-20-7-5-18-17-4-6-19-21-8-10-23(26)35-33(21)38-31(19)29(17)37-30(18)32(20)39-34(22)36(24)46(48(27,47)15-25(16)28)44-42(39)40(37)41(38)43(44)45(35)47/h1-7,17-22,24,27,29,31-36,38-46H,8-15H2. The van der Waals surface area contributed by atoms with Gasteiger partial charge in [-0.25, -0.2) is 4.39 Å². The van der Waals surface area contributed by atoms with Crippen LogP contribution in [-0.4, -0.2) is 0 Å². The maximum atomic E-state index is 16.4. The Morgan fingerprint density at radius 3 is 2.37 bits per heavy atom. The smallest absolute Gasteiger partial charge is 0.126 e. The zero-order valence-electron chi connectivity index (χ0n) is 28.4. The third kappa shape index (κ3) is 1.85. The van der Waals surface area contributed by atoms with E-state index in [0.29, 0.717) is 10.8 Å². The van der Waals surface area contributed by atoms with Crippen molar-refractivity contribution in [1.82, 2.24) is 0 Å². The van der Waals surface area contributed by atoms with Crippen LogP contribution in [0.5, 0.6) is 0 Å². The van der Waals surface area contributed by atoms with Gasteiger partial charge in [-0.15, -0.1) is 0 Å². The summed E-state index contributed by atoms with van der Waals surface area (Å²) in [6.45, 7) is 0. The van der Waals surface area contributed by atoms with Gasteiger partial charge >= 0.3 is 0 Å². The first-order valence-electron chi connectivity index (χ1n) is 21.8. The van der Waals surface area contributed by atoms with E-state index in [0.717, 1.165) is 148 Å². The van der Waals surface area contributed by atoms with E-state index in [9.17, 15) is 0 Å². The van der Waals surface area contributed by atoms with E-state index in [2.05, 4.69) is 58.7 Å². The molecule has 26 atom stereocenters. The average molecular weight is 643 g/mol. The van der Waals surface area contributed by atoms with E-state index < -0.39 is 0 Å². The highest BCUT2D eigenvalue weighted by Crippen LogP contribution is 2.95. The molecule has 1 aromatic carbocycles. The van der Waals surface area contributed by atoms with Crippen LogP contribution in [0, 0.1) is 159 Å². The summed E-state index contributed by atoms with van der Waals surface area (Å²) >= 11 is 0. The van der Waals surface area contributed by atoms with Gasteiger partial charge in [-0.3, -0.25) is 0 Å². The van der Waals surface area contributed by atoms with Crippen LogP contribution < -0.4 is 0 Å². The molecule has 26 unspecified atom stereocenters. The molecule has 0 N–H and O–H groups in total. The van der Waals surface area contributed by atoms with E-state index in [1.54, 1.807) is 0 Å². The SMILES string of the molecule is Fc1cccc2c1CC13C4CCC5=C6CCC7C8C=CC9C%10C=CC%11C%12CCC4C4C%12C%12C%11C%10=C%10C9C8C8C7C6C(C6C8C%10C%12C6C41)C53C2. The van der Waals surface area contributed by atoms with E-state index in [4.69, 9.17) is 0 Å². The molecule has 1 aromatic rings. The fraction of sp³-hybridized carbons (Fsp3) is 0.708. The Morgan fingerprint density at radius 1 is 0.571 bits per heavy atom. The molecule has 0 aromatic heterocycles. The molecule has 11 fully saturated rings. The number of rotatable bonds is 0. The number of fused-ring (bicyclic) bond motifs is 5. The maximum absolute atomic E-state index is 16.4. The molecule has 18 rings (SSSR count). The van der Waals surface area contributed by atoms with Crippen LogP contribution in [0.15, 0.2) is 64.8 Å². The number of halogens is 1. The predicted octanol–water partition coefficient (Wildman–Crippen LogP) is 8.95. The Hall–Kier alpha value is -1.89. The highest BCUT2D eigenvalue weighted by Gasteiger charge is 2.91. The molecule has 49 heavy (non-hydrogen) atoms. The molecular formula is C48H47F. The Kier molecular flexibility index (Phi) is 3.35. The third-order valence-corrected chi connectivity index (χ3v) is 23.7. The monoisotopic (exact) mass is 642 g/mol. The molecule has 2 spiro atoms. The lowest BCUT2D eigenvalue weighted by Crippen LogP contribution is -2.70. The van der Waals surface area contributed by atoms with Crippen LogP contribution in [0.25, 0.3) is 0 Å². The average Bonchev–Trinajstić information content (AvgIpc) is 3.93. The van der Waals surface area contributed by atoms with Crippen molar-refractivity contribution in [1.29, 1.82) is 0 Å².